The smallest absolute Gasteiger partial charge is 0.149 e. The van der Waals surface area contributed by atoms with Crippen molar-refractivity contribution < 1.29 is 5.11 Å². The van der Waals surface area contributed by atoms with E-state index in [-0.39, 0.29) is 22.0 Å². The quantitative estimate of drug-likeness (QED) is 0.173. The highest BCUT2D eigenvalue weighted by Gasteiger charge is 2.30. The van der Waals surface area contributed by atoms with Crippen LogP contribution in [0, 0.1) is 0 Å². The lowest BCUT2D eigenvalue weighted by Crippen LogP contribution is -2.17. The Kier molecular flexibility index (Phi) is 11.0. The molecule has 0 aliphatic heterocycles. The van der Waals surface area contributed by atoms with Crippen LogP contribution in [-0.4, -0.2) is 24.2 Å². The molecule has 0 saturated carbocycles. The summed E-state index contributed by atoms with van der Waals surface area (Å²) in [6.07, 6.45) is 1.95. The van der Waals surface area contributed by atoms with E-state index in [2.05, 4.69) is 260 Å². The van der Waals surface area contributed by atoms with E-state index in [9.17, 15) is 5.11 Å². The highest BCUT2D eigenvalue weighted by Crippen LogP contribution is 2.47. The zero-order chi connectivity index (χ0) is 49.4. The fraction of sp³-hybridized carbons (Fsp3) is 0.182. The minimum atomic E-state index is -0.344. The van der Waals surface area contributed by atoms with Gasteiger partial charge in [-0.15, -0.1) is 0 Å². The van der Waals surface area contributed by atoms with Crippen LogP contribution in [0.2, 0.25) is 0 Å². The molecular formula is C66H60N4O. The van der Waals surface area contributed by atoms with Crippen molar-refractivity contribution in [3.05, 3.63) is 211 Å². The number of aromatic hydroxyl groups is 1. The van der Waals surface area contributed by atoms with E-state index in [1.54, 1.807) is 0 Å². The Balaban J connectivity index is 1.24. The van der Waals surface area contributed by atoms with Gasteiger partial charge >= 0.3 is 0 Å². The fourth-order valence-electron chi connectivity index (χ4n) is 10.3. The van der Waals surface area contributed by atoms with Crippen molar-refractivity contribution in [2.45, 2.75) is 78.6 Å². The number of benzene rings is 8. The maximum Gasteiger partial charge on any atom is 0.149 e. The minimum Gasteiger partial charge on any atom is -0.507 e. The first-order valence-electron chi connectivity index (χ1n) is 24.8. The molecule has 3 heterocycles. The maximum atomic E-state index is 12.7. The number of fused-ring (bicyclic) bond motifs is 4. The highest BCUT2D eigenvalue weighted by atomic mass is 16.3. The van der Waals surface area contributed by atoms with E-state index < -0.39 is 0 Å². The van der Waals surface area contributed by atoms with Crippen molar-refractivity contribution in [3.63, 3.8) is 0 Å². The number of hydrogen-bond donors (Lipinski definition) is 1. The third-order valence-electron chi connectivity index (χ3n) is 14.1. The Bertz CT molecular complexity index is 3800. The third-order valence-corrected chi connectivity index (χ3v) is 14.1. The van der Waals surface area contributed by atoms with Gasteiger partial charge in [-0.3, -0.25) is 9.55 Å². The number of imidazole rings is 1. The van der Waals surface area contributed by atoms with Crippen LogP contribution in [0.4, 0.5) is 0 Å². The Morgan fingerprint density at radius 3 is 1.72 bits per heavy atom. The van der Waals surface area contributed by atoms with Crippen molar-refractivity contribution >= 4 is 32.8 Å². The number of hydrogen-bond acceptors (Lipinski definition) is 3. The largest absolute Gasteiger partial charge is 0.507 e. The number of para-hydroxylation sites is 3. The second-order valence-electron chi connectivity index (χ2n) is 22.1. The summed E-state index contributed by atoms with van der Waals surface area (Å²) < 4.78 is 4.65. The summed E-state index contributed by atoms with van der Waals surface area (Å²) >= 11 is 0. The maximum absolute atomic E-state index is 12.7. The Morgan fingerprint density at radius 2 is 1.03 bits per heavy atom. The summed E-state index contributed by atoms with van der Waals surface area (Å²) in [6, 6.07) is 67.2. The normalized spacial score (nSPS) is 12.4. The summed E-state index contributed by atoms with van der Waals surface area (Å²) in [5.41, 5.74) is 17.6. The van der Waals surface area contributed by atoms with Gasteiger partial charge in [0.25, 0.3) is 0 Å². The monoisotopic (exact) mass is 924 g/mol. The molecule has 0 unspecified atom stereocenters. The Morgan fingerprint density at radius 1 is 0.423 bits per heavy atom. The van der Waals surface area contributed by atoms with Crippen LogP contribution < -0.4 is 0 Å². The average Bonchev–Trinajstić information content (AvgIpc) is 3.92. The summed E-state index contributed by atoms with van der Waals surface area (Å²) in [7, 11) is 0. The van der Waals surface area contributed by atoms with Gasteiger partial charge in [-0.25, -0.2) is 4.98 Å². The first-order valence-corrected chi connectivity index (χ1v) is 24.8. The molecule has 0 atom stereocenters. The van der Waals surface area contributed by atoms with Crippen LogP contribution in [0.25, 0.3) is 100 Å². The predicted molar refractivity (Wildman–Crippen MR) is 298 cm³/mol. The minimum absolute atomic E-state index is 0.0912. The van der Waals surface area contributed by atoms with E-state index >= 15 is 0 Å². The van der Waals surface area contributed by atoms with E-state index in [0.717, 1.165) is 94.6 Å². The van der Waals surface area contributed by atoms with E-state index in [0.29, 0.717) is 11.4 Å². The summed E-state index contributed by atoms with van der Waals surface area (Å²) in [4.78, 5) is 11.0. The highest BCUT2D eigenvalue weighted by molar-refractivity contribution is 6.13. The molecule has 11 rings (SSSR count). The summed E-state index contributed by atoms with van der Waals surface area (Å²) in [5.74, 6) is 0.929. The average molecular weight is 925 g/mol. The lowest BCUT2D eigenvalue weighted by atomic mass is 9.79. The van der Waals surface area contributed by atoms with Gasteiger partial charge in [-0.05, 0) is 116 Å². The molecule has 0 amide bonds. The number of rotatable bonds is 7. The molecule has 350 valence electrons. The van der Waals surface area contributed by atoms with Gasteiger partial charge in [0.05, 0.1) is 39.0 Å². The first-order chi connectivity index (χ1) is 34.0. The summed E-state index contributed by atoms with van der Waals surface area (Å²) in [6.45, 7) is 20.0. The van der Waals surface area contributed by atoms with Crippen LogP contribution in [0.1, 0.15) is 79.0 Å². The van der Waals surface area contributed by atoms with Crippen molar-refractivity contribution in [2.24, 2.45) is 0 Å². The predicted octanol–water partition coefficient (Wildman–Crippen LogP) is 17.5. The molecule has 8 aromatic carbocycles. The van der Waals surface area contributed by atoms with Gasteiger partial charge < -0.3 is 9.67 Å². The van der Waals surface area contributed by atoms with E-state index in [1.807, 2.05) is 6.20 Å². The number of aromatic nitrogens is 4. The van der Waals surface area contributed by atoms with E-state index in [1.165, 1.54) is 10.9 Å². The molecule has 71 heavy (non-hydrogen) atoms. The van der Waals surface area contributed by atoms with Crippen LogP contribution in [0.3, 0.4) is 0 Å². The van der Waals surface area contributed by atoms with Crippen molar-refractivity contribution in [2.75, 3.05) is 0 Å². The van der Waals surface area contributed by atoms with Gasteiger partial charge in [-0.2, -0.15) is 0 Å². The molecule has 0 saturated heterocycles. The van der Waals surface area contributed by atoms with Crippen molar-refractivity contribution in [1.82, 2.24) is 19.1 Å². The molecule has 5 heteroatoms. The Labute approximate surface area is 417 Å². The third kappa shape index (κ3) is 8.09. The molecule has 0 aliphatic rings. The SMILES string of the molecule is CC(C)(C)c1ccc(-n2c(-c3cc(C(C)(C)C)cc(C(C)(C)C)c3O)nc3c(-c4cc(-c5ccccc5)cc(-c5nccc6c7ccccc7n(-c7ccccc7)c56)c4)cccc32)c(-c2ccccc2)c1. The molecule has 0 radical (unpaired) electrons. The molecule has 0 spiro atoms. The fourth-order valence-corrected chi connectivity index (χ4v) is 10.3. The molecule has 0 fully saturated rings. The zero-order valence-corrected chi connectivity index (χ0v) is 42.2. The van der Waals surface area contributed by atoms with Crippen LogP contribution in [0.5, 0.6) is 5.75 Å². The van der Waals surface area contributed by atoms with Gasteiger partial charge in [0.1, 0.15) is 11.6 Å². The lowest BCUT2D eigenvalue weighted by Gasteiger charge is -2.28. The molecule has 11 aromatic rings. The van der Waals surface area contributed by atoms with Crippen LogP contribution in [0.15, 0.2) is 194 Å². The molecule has 5 nitrogen and oxygen atoms in total. The van der Waals surface area contributed by atoms with Crippen LogP contribution >= 0.6 is 0 Å². The van der Waals surface area contributed by atoms with Gasteiger partial charge in [0.15, 0.2) is 0 Å². The van der Waals surface area contributed by atoms with Crippen molar-refractivity contribution in [1.29, 1.82) is 0 Å². The van der Waals surface area contributed by atoms with Gasteiger partial charge in [0, 0.05) is 44.9 Å². The molecule has 3 aromatic heterocycles. The molecule has 0 aliphatic carbocycles. The molecule has 0 bridgehead atoms. The summed E-state index contributed by atoms with van der Waals surface area (Å²) in [5, 5.41) is 15.0. The topological polar surface area (TPSA) is 55.9 Å². The van der Waals surface area contributed by atoms with Crippen molar-refractivity contribution in [3.8, 4) is 73.2 Å². The Hall–Kier alpha value is -8.02. The number of phenolic OH excluding ortho intramolecular Hbond substituents is 1. The first kappa shape index (κ1) is 45.4. The van der Waals surface area contributed by atoms with Gasteiger partial charge in [0.2, 0.25) is 0 Å². The number of phenols is 1. The number of pyridine rings is 1. The van der Waals surface area contributed by atoms with Gasteiger partial charge in [-0.1, -0.05) is 184 Å². The second-order valence-corrected chi connectivity index (χ2v) is 22.1. The molecular weight excluding hydrogens is 865 g/mol. The van der Waals surface area contributed by atoms with E-state index in [4.69, 9.17) is 9.97 Å². The van der Waals surface area contributed by atoms with Crippen LogP contribution in [-0.2, 0) is 16.2 Å². The lowest BCUT2D eigenvalue weighted by molar-refractivity contribution is 0.446. The zero-order valence-electron chi connectivity index (χ0n) is 42.2. The standard InChI is InChI=1S/C66H60N4O/c1-64(2,3)47-32-33-57(53(39-47)43-24-15-11-16-25-43)70-58-31-21-29-50(60(58)68-63(70)54-40-48(65(4,5)6)41-55(62(54)71)66(7,8)9)45-36-44(42-22-13-10-14-23-42)37-46(38-45)59-61-52(34-35-67-59)51-28-19-20-30-56(51)69(61)49-26-17-12-18-27-49/h10-41,71H,1-9H3. The second kappa shape index (κ2) is 17.1. The molecule has 1 N–H and O–H groups in total. The number of nitrogens with zero attached hydrogens (tertiary/aromatic N) is 4.